The summed E-state index contributed by atoms with van der Waals surface area (Å²) in [6.07, 6.45) is 2.24. The van der Waals surface area contributed by atoms with Gasteiger partial charge < -0.3 is 15.5 Å². The van der Waals surface area contributed by atoms with Crippen molar-refractivity contribution in [1.29, 1.82) is 0 Å². The fourth-order valence-corrected chi connectivity index (χ4v) is 2.53. The van der Waals surface area contributed by atoms with Crippen molar-refractivity contribution in [2.24, 2.45) is 4.99 Å². The molecule has 1 fully saturated rings. The number of aliphatic imine (C=N–C) groups is 1. The van der Waals surface area contributed by atoms with Crippen molar-refractivity contribution >= 4 is 11.9 Å². The molecule has 1 amide bonds. The Morgan fingerprint density at radius 3 is 2.64 bits per heavy atom. The quantitative estimate of drug-likeness (QED) is 0.642. The molecule has 1 aliphatic rings. The number of aryl methyl sites for hydroxylation is 1. The van der Waals surface area contributed by atoms with Crippen LogP contribution in [-0.2, 0) is 11.3 Å². The van der Waals surface area contributed by atoms with E-state index in [0.29, 0.717) is 19.0 Å². The van der Waals surface area contributed by atoms with Crippen molar-refractivity contribution in [1.82, 2.24) is 15.5 Å². The lowest BCUT2D eigenvalue weighted by atomic mass is 10.1. The average Bonchev–Trinajstić information content (AvgIpc) is 3.05. The van der Waals surface area contributed by atoms with Crippen LogP contribution in [0.3, 0.4) is 0 Å². The summed E-state index contributed by atoms with van der Waals surface area (Å²) in [4.78, 5) is 18.5. The lowest BCUT2D eigenvalue weighted by Crippen LogP contribution is -2.44. The molecule has 1 aromatic carbocycles. The second-order valence-corrected chi connectivity index (χ2v) is 5.56. The van der Waals surface area contributed by atoms with Gasteiger partial charge in [0.15, 0.2) is 5.96 Å². The highest BCUT2D eigenvalue weighted by atomic mass is 16.2. The number of amides is 1. The van der Waals surface area contributed by atoms with Crippen LogP contribution >= 0.6 is 0 Å². The molecule has 0 unspecified atom stereocenters. The van der Waals surface area contributed by atoms with E-state index in [2.05, 4.69) is 34.7 Å². The SMILES string of the molecule is CCNC(=NCc1ccccc1C)NCC(=O)N1CCCC1. The van der Waals surface area contributed by atoms with Crippen molar-refractivity contribution in [3.8, 4) is 0 Å². The van der Waals surface area contributed by atoms with Gasteiger partial charge in [0.25, 0.3) is 0 Å². The summed E-state index contributed by atoms with van der Waals surface area (Å²) < 4.78 is 0. The zero-order valence-corrected chi connectivity index (χ0v) is 13.6. The third kappa shape index (κ3) is 4.76. The summed E-state index contributed by atoms with van der Waals surface area (Å²) >= 11 is 0. The summed E-state index contributed by atoms with van der Waals surface area (Å²) in [7, 11) is 0. The van der Waals surface area contributed by atoms with E-state index in [1.165, 1.54) is 11.1 Å². The van der Waals surface area contributed by atoms with Crippen molar-refractivity contribution in [2.75, 3.05) is 26.2 Å². The zero-order chi connectivity index (χ0) is 15.8. The van der Waals surface area contributed by atoms with Crippen LogP contribution < -0.4 is 10.6 Å². The summed E-state index contributed by atoms with van der Waals surface area (Å²) in [5.74, 6) is 0.845. The first-order valence-electron chi connectivity index (χ1n) is 8.05. The Balaban J connectivity index is 1.89. The Hall–Kier alpha value is -2.04. The number of carbonyl (C=O) groups is 1. The second kappa shape index (κ2) is 8.41. The Morgan fingerprint density at radius 1 is 1.23 bits per heavy atom. The summed E-state index contributed by atoms with van der Waals surface area (Å²) in [6, 6.07) is 8.22. The molecule has 2 rings (SSSR count). The molecular formula is C17H26N4O. The molecular weight excluding hydrogens is 276 g/mol. The van der Waals surface area contributed by atoms with E-state index < -0.39 is 0 Å². The number of benzene rings is 1. The van der Waals surface area contributed by atoms with Gasteiger partial charge in [0.2, 0.25) is 5.91 Å². The third-order valence-corrected chi connectivity index (χ3v) is 3.88. The van der Waals surface area contributed by atoms with E-state index in [4.69, 9.17) is 0 Å². The molecule has 1 aromatic rings. The maximum Gasteiger partial charge on any atom is 0.241 e. The minimum absolute atomic E-state index is 0.152. The van der Waals surface area contributed by atoms with Gasteiger partial charge in [-0.1, -0.05) is 24.3 Å². The predicted molar refractivity (Wildman–Crippen MR) is 89.8 cm³/mol. The zero-order valence-electron chi connectivity index (χ0n) is 13.6. The van der Waals surface area contributed by atoms with E-state index in [-0.39, 0.29) is 5.91 Å². The summed E-state index contributed by atoms with van der Waals surface area (Å²) in [5.41, 5.74) is 2.43. The fourth-order valence-electron chi connectivity index (χ4n) is 2.53. The van der Waals surface area contributed by atoms with Gasteiger partial charge in [0.05, 0.1) is 13.1 Å². The Labute approximate surface area is 132 Å². The van der Waals surface area contributed by atoms with E-state index in [9.17, 15) is 4.79 Å². The van der Waals surface area contributed by atoms with E-state index >= 15 is 0 Å². The minimum Gasteiger partial charge on any atom is -0.357 e. The molecule has 2 N–H and O–H groups in total. The summed E-state index contributed by atoms with van der Waals surface area (Å²) in [5, 5.41) is 6.32. The van der Waals surface area contributed by atoms with E-state index in [1.54, 1.807) is 0 Å². The second-order valence-electron chi connectivity index (χ2n) is 5.56. The Bertz CT molecular complexity index is 521. The Kier molecular flexibility index (Phi) is 6.25. The smallest absolute Gasteiger partial charge is 0.241 e. The number of guanidine groups is 1. The van der Waals surface area contributed by atoms with Crippen LogP contribution in [0.25, 0.3) is 0 Å². The monoisotopic (exact) mass is 302 g/mol. The molecule has 1 saturated heterocycles. The molecule has 0 aromatic heterocycles. The van der Waals surface area contributed by atoms with Crippen LogP contribution in [0.15, 0.2) is 29.3 Å². The number of hydrogen-bond acceptors (Lipinski definition) is 2. The largest absolute Gasteiger partial charge is 0.357 e. The Morgan fingerprint density at radius 2 is 1.95 bits per heavy atom. The first kappa shape index (κ1) is 16.3. The topological polar surface area (TPSA) is 56.7 Å². The molecule has 5 heteroatoms. The van der Waals surface area contributed by atoms with Crippen molar-refractivity contribution in [3.05, 3.63) is 35.4 Å². The third-order valence-electron chi connectivity index (χ3n) is 3.88. The molecule has 120 valence electrons. The van der Waals surface area contributed by atoms with Crippen LogP contribution in [-0.4, -0.2) is 42.9 Å². The summed E-state index contributed by atoms with van der Waals surface area (Å²) in [6.45, 7) is 7.57. The molecule has 0 saturated carbocycles. The lowest BCUT2D eigenvalue weighted by Gasteiger charge is -2.17. The molecule has 0 radical (unpaired) electrons. The highest BCUT2D eigenvalue weighted by Gasteiger charge is 2.17. The maximum absolute atomic E-state index is 12.1. The maximum atomic E-state index is 12.1. The molecule has 1 heterocycles. The minimum atomic E-state index is 0.152. The number of nitrogens with zero attached hydrogens (tertiary/aromatic N) is 2. The molecule has 0 bridgehead atoms. The van der Waals surface area contributed by atoms with Crippen molar-refractivity contribution in [2.45, 2.75) is 33.2 Å². The predicted octanol–water partition coefficient (Wildman–Crippen LogP) is 1.67. The number of carbonyl (C=O) groups excluding carboxylic acids is 1. The van der Waals surface area contributed by atoms with Gasteiger partial charge in [-0.3, -0.25) is 4.79 Å². The number of likely N-dealkylation sites (tertiary alicyclic amines) is 1. The highest BCUT2D eigenvalue weighted by Crippen LogP contribution is 2.08. The van der Waals surface area contributed by atoms with Gasteiger partial charge in [0, 0.05) is 19.6 Å². The normalized spacial score (nSPS) is 15.0. The fraction of sp³-hybridized carbons (Fsp3) is 0.529. The number of rotatable bonds is 5. The van der Waals surface area contributed by atoms with Crippen LogP contribution in [0.5, 0.6) is 0 Å². The average molecular weight is 302 g/mol. The van der Waals surface area contributed by atoms with Gasteiger partial charge in [-0.25, -0.2) is 4.99 Å². The van der Waals surface area contributed by atoms with Crippen molar-refractivity contribution < 1.29 is 4.79 Å². The molecule has 0 atom stereocenters. The molecule has 5 nitrogen and oxygen atoms in total. The van der Waals surface area contributed by atoms with Crippen LogP contribution in [0.1, 0.15) is 30.9 Å². The number of nitrogens with one attached hydrogen (secondary N) is 2. The first-order chi connectivity index (χ1) is 10.7. The lowest BCUT2D eigenvalue weighted by molar-refractivity contribution is -0.128. The van der Waals surface area contributed by atoms with Crippen molar-refractivity contribution in [3.63, 3.8) is 0 Å². The van der Waals surface area contributed by atoms with Gasteiger partial charge in [-0.15, -0.1) is 0 Å². The molecule has 22 heavy (non-hydrogen) atoms. The highest BCUT2D eigenvalue weighted by molar-refractivity contribution is 5.86. The van der Waals surface area contributed by atoms with Crippen LogP contribution in [0.4, 0.5) is 0 Å². The van der Waals surface area contributed by atoms with Crippen LogP contribution in [0, 0.1) is 6.92 Å². The van der Waals surface area contributed by atoms with E-state index in [0.717, 1.165) is 32.5 Å². The van der Waals surface area contributed by atoms with E-state index in [1.807, 2.05) is 24.0 Å². The van der Waals surface area contributed by atoms with Gasteiger partial charge in [-0.05, 0) is 37.8 Å². The van der Waals surface area contributed by atoms with Crippen LogP contribution in [0.2, 0.25) is 0 Å². The van der Waals surface area contributed by atoms with Gasteiger partial charge in [0.1, 0.15) is 0 Å². The molecule has 1 aliphatic heterocycles. The number of hydrogen-bond donors (Lipinski definition) is 2. The first-order valence-corrected chi connectivity index (χ1v) is 8.05. The standard InChI is InChI=1S/C17H26N4O/c1-3-18-17(19-12-15-9-5-4-8-14(15)2)20-13-16(22)21-10-6-7-11-21/h4-5,8-9H,3,6-7,10-13H2,1-2H3,(H2,18,19,20). The van der Waals surface area contributed by atoms with Gasteiger partial charge in [-0.2, -0.15) is 0 Å². The molecule has 0 aliphatic carbocycles. The molecule has 0 spiro atoms. The van der Waals surface area contributed by atoms with Gasteiger partial charge >= 0.3 is 0 Å².